The Morgan fingerprint density at radius 1 is 1.65 bits per heavy atom. The molecular weight excluding hydrogens is 262 g/mol. The topological polar surface area (TPSA) is 57.0 Å². The number of ether oxygens (including phenoxy) is 1. The maximum atomic E-state index is 11.3. The molecule has 0 radical (unpaired) electrons. The van der Waals surface area contributed by atoms with Gasteiger partial charge in [-0.2, -0.15) is 5.10 Å². The van der Waals surface area contributed by atoms with Crippen LogP contribution in [0.2, 0.25) is 4.34 Å². The van der Waals surface area contributed by atoms with Crippen molar-refractivity contribution in [2.24, 2.45) is 0 Å². The molecule has 0 spiro atoms. The number of thiazole rings is 1. The van der Waals surface area contributed by atoms with Crippen LogP contribution in [-0.2, 0) is 16.0 Å². The summed E-state index contributed by atoms with van der Waals surface area (Å²) >= 11 is 7.11. The van der Waals surface area contributed by atoms with E-state index in [1.807, 2.05) is 0 Å². The summed E-state index contributed by atoms with van der Waals surface area (Å²) in [5, 5.41) is 4.89. The Bertz CT molecular complexity index is 523. The molecule has 90 valence electrons. The highest BCUT2D eigenvalue weighted by atomic mass is 35.5. The van der Waals surface area contributed by atoms with Gasteiger partial charge in [0.1, 0.15) is 4.34 Å². The number of rotatable bonds is 4. The Morgan fingerprint density at radius 3 is 3.12 bits per heavy atom. The quantitative estimate of drug-likeness (QED) is 0.799. The number of carbonyl (C=O) groups is 1. The van der Waals surface area contributed by atoms with Gasteiger partial charge < -0.3 is 4.74 Å². The van der Waals surface area contributed by atoms with Crippen LogP contribution in [-0.4, -0.2) is 27.3 Å². The molecule has 2 aromatic heterocycles. The molecule has 2 rings (SSSR count). The van der Waals surface area contributed by atoms with Crippen molar-refractivity contribution in [3.63, 3.8) is 0 Å². The zero-order valence-corrected chi connectivity index (χ0v) is 10.7. The second-order valence-electron chi connectivity index (χ2n) is 3.18. The zero-order chi connectivity index (χ0) is 12.3. The smallest absolute Gasteiger partial charge is 0.311 e. The molecule has 5 nitrogen and oxygen atoms in total. The van der Waals surface area contributed by atoms with Gasteiger partial charge >= 0.3 is 5.97 Å². The predicted octanol–water partition coefficient (Wildman–Crippen LogP) is 2.09. The summed E-state index contributed by atoms with van der Waals surface area (Å²) in [5.41, 5.74) is 0.648. The first kappa shape index (κ1) is 12.1. The van der Waals surface area contributed by atoms with Gasteiger partial charge in [-0.3, -0.25) is 4.79 Å². The van der Waals surface area contributed by atoms with Crippen molar-refractivity contribution < 1.29 is 9.53 Å². The van der Waals surface area contributed by atoms with Crippen molar-refractivity contribution in [1.29, 1.82) is 0 Å². The monoisotopic (exact) mass is 271 g/mol. The molecule has 0 aliphatic carbocycles. The molecule has 7 heteroatoms. The lowest BCUT2D eigenvalue weighted by Gasteiger charge is -1.98. The van der Waals surface area contributed by atoms with Crippen LogP contribution in [0.3, 0.4) is 0 Å². The van der Waals surface area contributed by atoms with E-state index in [0.29, 0.717) is 21.8 Å². The highest BCUT2D eigenvalue weighted by molar-refractivity contribution is 7.18. The molecule has 0 fully saturated rings. The second-order valence-corrected chi connectivity index (χ2v) is 4.82. The van der Waals surface area contributed by atoms with Crippen LogP contribution in [0.5, 0.6) is 0 Å². The van der Waals surface area contributed by atoms with Gasteiger partial charge in [-0.1, -0.05) is 22.9 Å². The van der Waals surface area contributed by atoms with E-state index in [2.05, 4.69) is 10.1 Å². The summed E-state index contributed by atoms with van der Waals surface area (Å²) in [4.78, 5) is 15.3. The summed E-state index contributed by atoms with van der Waals surface area (Å²) in [6, 6.07) is 1.76. The van der Waals surface area contributed by atoms with Crippen LogP contribution in [0.1, 0.15) is 12.6 Å². The molecule has 0 aliphatic heterocycles. The predicted molar refractivity (Wildman–Crippen MR) is 64.6 cm³/mol. The van der Waals surface area contributed by atoms with Gasteiger partial charge in [0.25, 0.3) is 0 Å². The third-order valence-electron chi connectivity index (χ3n) is 1.94. The first-order chi connectivity index (χ1) is 8.19. The highest BCUT2D eigenvalue weighted by Gasteiger charge is 2.09. The fraction of sp³-hybridized carbons (Fsp3) is 0.300. The van der Waals surface area contributed by atoms with E-state index in [1.165, 1.54) is 11.3 Å². The molecule has 0 saturated heterocycles. The van der Waals surface area contributed by atoms with Gasteiger partial charge in [0, 0.05) is 6.20 Å². The van der Waals surface area contributed by atoms with E-state index in [-0.39, 0.29) is 12.4 Å². The molecule has 2 aromatic rings. The molecular formula is C10H10ClN3O2S. The molecule has 0 unspecified atom stereocenters. The second kappa shape index (κ2) is 5.29. The average molecular weight is 272 g/mol. The molecule has 2 heterocycles. The maximum absolute atomic E-state index is 11.3. The van der Waals surface area contributed by atoms with Crippen molar-refractivity contribution in [1.82, 2.24) is 14.8 Å². The number of hydrogen-bond acceptors (Lipinski definition) is 5. The standard InChI is InChI=1S/C10H10ClN3O2S/c1-2-16-9(15)5-7-3-4-14(13-7)10-12-6-8(11)17-10/h3-4,6H,2,5H2,1H3. The lowest BCUT2D eigenvalue weighted by atomic mass is 10.3. The van der Waals surface area contributed by atoms with Crippen LogP contribution in [0.4, 0.5) is 0 Å². The largest absolute Gasteiger partial charge is 0.466 e. The summed E-state index contributed by atoms with van der Waals surface area (Å²) in [6.07, 6.45) is 3.47. The number of carbonyl (C=O) groups excluding carboxylic acids is 1. The number of halogens is 1. The van der Waals surface area contributed by atoms with E-state index in [1.54, 1.807) is 30.1 Å². The Balaban J connectivity index is 2.08. The van der Waals surface area contributed by atoms with Gasteiger partial charge in [-0.25, -0.2) is 9.67 Å². The average Bonchev–Trinajstić information content (AvgIpc) is 2.87. The minimum Gasteiger partial charge on any atom is -0.466 e. The van der Waals surface area contributed by atoms with Gasteiger partial charge in [0.05, 0.1) is 24.9 Å². The van der Waals surface area contributed by atoms with E-state index in [4.69, 9.17) is 16.3 Å². The Kier molecular flexibility index (Phi) is 3.75. The molecule has 17 heavy (non-hydrogen) atoms. The number of aromatic nitrogens is 3. The summed E-state index contributed by atoms with van der Waals surface area (Å²) in [5.74, 6) is -0.282. The van der Waals surface area contributed by atoms with Crippen LogP contribution in [0, 0.1) is 0 Å². The van der Waals surface area contributed by atoms with Crippen molar-refractivity contribution in [2.45, 2.75) is 13.3 Å². The highest BCUT2D eigenvalue weighted by Crippen LogP contribution is 2.21. The molecule has 0 atom stereocenters. The Hall–Kier alpha value is -1.40. The molecule has 0 aromatic carbocycles. The third kappa shape index (κ3) is 3.04. The molecule has 0 amide bonds. The molecule has 0 aliphatic rings. The minimum atomic E-state index is -0.282. The first-order valence-electron chi connectivity index (χ1n) is 5.01. The molecule has 0 bridgehead atoms. The first-order valence-corrected chi connectivity index (χ1v) is 6.20. The van der Waals surface area contributed by atoms with Gasteiger partial charge in [0.15, 0.2) is 0 Å². The van der Waals surface area contributed by atoms with Crippen molar-refractivity contribution in [3.05, 3.63) is 28.5 Å². The van der Waals surface area contributed by atoms with Gasteiger partial charge in [-0.05, 0) is 13.0 Å². The number of hydrogen-bond donors (Lipinski definition) is 0. The number of nitrogens with zero attached hydrogens (tertiary/aromatic N) is 3. The fourth-order valence-corrected chi connectivity index (χ4v) is 2.11. The SMILES string of the molecule is CCOC(=O)Cc1ccn(-c2ncc(Cl)s2)n1. The minimum absolute atomic E-state index is 0.167. The fourth-order valence-electron chi connectivity index (χ4n) is 1.27. The molecule has 0 saturated carbocycles. The zero-order valence-electron chi connectivity index (χ0n) is 9.09. The van der Waals surface area contributed by atoms with E-state index >= 15 is 0 Å². The number of esters is 1. The third-order valence-corrected chi connectivity index (χ3v) is 3.04. The van der Waals surface area contributed by atoms with Crippen molar-refractivity contribution in [2.75, 3.05) is 6.61 Å². The van der Waals surface area contributed by atoms with Crippen molar-refractivity contribution >= 4 is 28.9 Å². The van der Waals surface area contributed by atoms with Crippen LogP contribution in [0.15, 0.2) is 18.5 Å². The summed E-state index contributed by atoms with van der Waals surface area (Å²) in [6.45, 7) is 2.15. The molecule has 0 N–H and O–H groups in total. The van der Waals surface area contributed by atoms with Crippen LogP contribution in [0.25, 0.3) is 5.13 Å². The Morgan fingerprint density at radius 2 is 2.47 bits per heavy atom. The van der Waals surface area contributed by atoms with Crippen LogP contribution < -0.4 is 0 Å². The lowest BCUT2D eigenvalue weighted by molar-refractivity contribution is -0.142. The summed E-state index contributed by atoms with van der Waals surface area (Å²) in [7, 11) is 0. The summed E-state index contributed by atoms with van der Waals surface area (Å²) < 4.78 is 7.03. The lowest BCUT2D eigenvalue weighted by Crippen LogP contribution is -2.08. The van der Waals surface area contributed by atoms with Gasteiger partial charge in [-0.15, -0.1) is 0 Å². The van der Waals surface area contributed by atoms with Crippen molar-refractivity contribution in [3.8, 4) is 5.13 Å². The Labute approximate surface area is 107 Å². The van der Waals surface area contributed by atoms with E-state index < -0.39 is 0 Å². The van der Waals surface area contributed by atoms with E-state index in [9.17, 15) is 4.79 Å². The normalized spacial score (nSPS) is 10.5. The van der Waals surface area contributed by atoms with E-state index in [0.717, 1.165) is 0 Å². The van der Waals surface area contributed by atoms with Crippen LogP contribution >= 0.6 is 22.9 Å². The maximum Gasteiger partial charge on any atom is 0.311 e. The van der Waals surface area contributed by atoms with Gasteiger partial charge in [0.2, 0.25) is 5.13 Å².